The van der Waals surface area contributed by atoms with E-state index in [0.717, 1.165) is 31.7 Å². The summed E-state index contributed by atoms with van der Waals surface area (Å²) in [6, 6.07) is 12.2. The number of aliphatic hydroxyl groups excluding tert-OH is 1. The average molecular weight is 443 g/mol. The van der Waals surface area contributed by atoms with Crippen LogP contribution in [0.25, 0.3) is 0 Å². The van der Waals surface area contributed by atoms with Gasteiger partial charge in [0.25, 0.3) is 0 Å². The number of rotatable bonds is 10. The lowest BCUT2D eigenvalue weighted by Gasteiger charge is -2.29. The number of fused-ring (bicyclic) bond motifs is 1. The number of ether oxygens (including phenoxy) is 4. The number of carbonyl (C=O) groups excluding carboxylic acids is 1. The molecule has 1 saturated heterocycles. The number of benzene rings is 2. The molecule has 1 unspecified atom stereocenters. The first kappa shape index (κ1) is 22.2. The predicted octanol–water partition coefficient (Wildman–Crippen LogP) is 2.51. The van der Waals surface area contributed by atoms with Crippen molar-refractivity contribution in [1.29, 1.82) is 0 Å². The number of nitrogens with zero attached hydrogens (tertiary/aromatic N) is 1. The second-order valence-electron chi connectivity index (χ2n) is 8.01. The molecule has 1 fully saturated rings. The third-order valence-corrected chi connectivity index (χ3v) is 5.78. The molecule has 0 spiro atoms. The molecule has 32 heavy (non-hydrogen) atoms. The molecule has 0 aliphatic carbocycles. The van der Waals surface area contributed by atoms with E-state index in [-0.39, 0.29) is 25.7 Å². The van der Waals surface area contributed by atoms with Crippen LogP contribution in [0.3, 0.4) is 0 Å². The quantitative estimate of drug-likeness (QED) is 0.584. The van der Waals surface area contributed by atoms with Crippen molar-refractivity contribution in [2.75, 3.05) is 40.1 Å². The molecule has 8 heteroatoms. The van der Waals surface area contributed by atoms with Crippen molar-refractivity contribution in [2.24, 2.45) is 0 Å². The Morgan fingerprint density at radius 3 is 2.56 bits per heavy atom. The zero-order chi connectivity index (χ0) is 22.3. The van der Waals surface area contributed by atoms with Gasteiger partial charge in [0.15, 0.2) is 11.5 Å². The molecule has 0 radical (unpaired) electrons. The number of aliphatic hydroxyl groups is 1. The summed E-state index contributed by atoms with van der Waals surface area (Å²) in [5.41, 5.74) is 0.688. The predicted molar refractivity (Wildman–Crippen MR) is 118 cm³/mol. The molecule has 2 N–H and O–H groups in total. The molecule has 172 valence electrons. The number of nitrogens with one attached hydrogen (secondary N) is 1. The van der Waals surface area contributed by atoms with Crippen molar-refractivity contribution in [1.82, 2.24) is 10.2 Å². The molecule has 2 heterocycles. The van der Waals surface area contributed by atoms with Crippen molar-refractivity contribution in [3.63, 3.8) is 0 Å². The van der Waals surface area contributed by atoms with Gasteiger partial charge < -0.3 is 34.3 Å². The Hall–Kier alpha value is -2.97. The molecule has 2 atom stereocenters. The summed E-state index contributed by atoms with van der Waals surface area (Å²) in [5, 5.41) is 14.1. The summed E-state index contributed by atoms with van der Waals surface area (Å²) < 4.78 is 21.6. The van der Waals surface area contributed by atoms with Crippen LogP contribution in [0.4, 0.5) is 0 Å². The van der Waals surface area contributed by atoms with Crippen LogP contribution < -0.4 is 24.3 Å². The number of hydrogen-bond donors (Lipinski definition) is 2. The number of methoxy groups -OCH3 is 1. The standard InChI is InChI=1S/C24H30N2O6/c1-29-18-5-7-19(8-6-18)30-13-10-23(27)25-20(15-26-11-2-3-12-26)24(28)17-4-9-21-22(14-17)32-16-31-21/h4-9,14,20,24,28H,2-3,10-13,15-16H2,1H3,(H,25,27)/t20?,24-/m1/s1. The second kappa shape index (κ2) is 10.6. The molecule has 2 aliphatic rings. The molecule has 0 aromatic heterocycles. The van der Waals surface area contributed by atoms with Crippen molar-refractivity contribution in [2.45, 2.75) is 31.4 Å². The van der Waals surface area contributed by atoms with Gasteiger partial charge in [0.1, 0.15) is 17.6 Å². The van der Waals surface area contributed by atoms with Crippen LogP contribution in [0.15, 0.2) is 42.5 Å². The minimum atomic E-state index is -0.864. The van der Waals surface area contributed by atoms with Gasteiger partial charge in [-0.15, -0.1) is 0 Å². The average Bonchev–Trinajstić information content (AvgIpc) is 3.50. The Morgan fingerprint density at radius 2 is 1.81 bits per heavy atom. The van der Waals surface area contributed by atoms with Crippen LogP contribution in [0.2, 0.25) is 0 Å². The lowest BCUT2D eigenvalue weighted by molar-refractivity contribution is -0.123. The van der Waals surface area contributed by atoms with Crippen molar-refractivity contribution >= 4 is 5.91 Å². The maximum Gasteiger partial charge on any atom is 0.231 e. The van der Waals surface area contributed by atoms with Crippen molar-refractivity contribution < 1.29 is 28.8 Å². The van der Waals surface area contributed by atoms with Crippen LogP contribution in [0, 0.1) is 0 Å². The lowest BCUT2D eigenvalue weighted by atomic mass is 10.0. The molecule has 4 rings (SSSR count). The summed E-state index contributed by atoms with van der Waals surface area (Å²) in [6.45, 7) is 2.95. The molecule has 1 amide bonds. The van der Waals surface area contributed by atoms with Gasteiger partial charge in [-0.05, 0) is 67.9 Å². The maximum atomic E-state index is 12.7. The Balaban J connectivity index is 1.35. The fraction of sp³-hybridized carbons (Fsp3) is 0.458. The fourth-order valence-electron chi connectivity index (χ4n) is 4.01. The summed E-state index contributed by atoms with van der Waals surface area (Å²) in [7, 11) is 1.61. The molecule has 2 aromatic rings. The van der Waals surface area contributed by atoms with Gasteiger partial charge >= 0.3 is 0 Å². The van der Waals surface area contributed by atoms with E-state index in [1.165, 1.54) is 0 Å². The minimum Gasteiger partial charge on any atom is -0.497 e. The van der Waals surface area contributed by atoms with E-state index in [4.69, 9.17) is 18.9 Å². The first-order valence-corrected chi connectivity index (χ1v) is 11.0. The number of carbonyl (C=O) groups is 1. The van der Waals surface area contributed by atoms with E-state index in [2.05, 4.69) is 10.2 Å². The minimum absolute atomic E-state index is 0.164. The highest BCUT2D eigenvalue weighted by Gasteiger charge is 2.28. The molecular formula is C24H30N2O6. The van der Waals surface area contributed by atoms with Gasteiger partial charge in [0, 0.05) is 6.54 Å². The molecule has 8 nitrogen and oxygen atoms in total. The highest BCUT2D eigenvalue weighted by Crippen LogP contribution is 2.35. The Morgan fingerprint density at radius 1 is 1.09 bits per heavy atom. The Kier molecular flexibility index (Phi) is 7.34. The topological polar surface area (TPSA) is 89.5 Å². The van der Waals surface area contributed by atoms with Gasteiger partial charge in [-0.1, -0.05) is 6.07 Å². The lowest BCUT2D eigenvalue weighted by Crippen LogP contribution is -2.47. The van der Waals surface area contributed by atoms with Gasteiger partial charge in [-0.2, -0.15) is 0 Å². The second-order valence-corrected chi connectivity index (χ2v) is 8.01. The third-order valence-electron chi connectivity index (χ3n) is 5.78. The van der Waals surface area contributed by atoms with Gasteiger partial charge in [-0.25, -0.2) is 0 Å². The van der Waals surface area contributed by atoms with E-state index < -0.39 is 12.1 Å². The summed E-state index contributed by atoms with van der Waals surface area (Å²) in [6.07, 6.45) is 1.60. The fourth-order valence-corrected chi connectivity index (χ4v) is 4.01. The van der Waals surface area contributed by atoms with E-state index in [1.54, 1.807) is 31.4 Å². The molecule has 2 aliphatic heterocycles. The van der Waals surface area contributed by atoms with Crippen LogP contribution in [0.1, 0.15) is 30.9 Å². The SMILES string of the molecule is COc1ccc(OCCC(=O)NC(CN2CCCC2)[C@H](O)c2ccc3c(c2)OCO3)cc1. The smallest absolute Gasteiger partial charge is 0.231 e. The summed E-state index contributed by atoms with van der Waals surface area (Å²) in [5.74, 6) is 2.53. The summed E-state index contributed by atoms with van der Waals surface area (Å²) >= 11 is 0. The first-order chi connectivity index (χ1) is 15.6. The van der Waals surface area contributed by atoms with E-state index in [9.17, 15) is 9.90 Å². The third kappa shape index (κ3) is 5.63. The molecule has 0 bridgehead atoms. The largest absolute Gasteiger partial charge is 0.497 e. The van der Waals surface area contributed by atoms with Crippen LogP contribution in [-0.4, -0.2) is 62.1 Å². The van der Waals surface area contributed by atoms with Crippen molar-refractivity contribution in [3.05, 3.63) is 48.0 Å². The first-order valence-electron chi connectivity index (χ1n) is 11.0. The number of amides is 1. The van der Waals surface area contributed by atoms with Crippen molar-refractivity contribution in [3.8, 4) is 23.0 Å². The maximum absolute atomic E-state index is 12.7. The zero-order valence-corrected chi connectivity index (χ0v) is 18.3. The van der Waals surface area contributed by atoms with E-state index in [0.29, 0.717) is 29.4 Å². The van der Waals surface area contributed by atoms with E-state index in [1.807, 2.05) is 18.2 Å². The van der Waals surface area contributed by atoms with Crippen LogP contribution >= 0.6 is 0 Å². The summed E-state index contributed by atoms with van der Waals surface area (Å²) in [4.78, 5) is 14.9. The van der Waals surface area contributed by atoms with Crippen LogP contribution in [0.5, 0.6) is 23.0 Å². The van der Waals surface area contributed by atoms with Gasteiger partial charge in [0.2, 0.25) is 12.7 Å². The molecule has 0 saturated carbocycles. The van der Waals surface area contributed by atoms with Crippen LogP contribution in [-0.2, 0) is 4.79 Å². The zero-order valence-electron chi connectivity index (χ0n) is 18.3. The monoisotopic (exact) mass is 442 g/mol. The Labute approximate surface area is 188 Å². The molecular weight excluding hydrogens is 412 g/mol. The molecule has 2 aromatic carbocycles. The van der Waals surface area contributed by atoms with Gasteiger partial charge in [0.05, 0.1) is 26.2 Å². The number of hydrogen-bond acceptors (Lipinski definition) is 7. The number of likely N-dealkylation sites (tertiary alicyclic amines) is 1. The highest BCUT2D eigenvalue weighted by atomic mass is 16.7. The normalized spacial score (nSPS) is 17.1. The Bertz CT molecular complexity index is 898. The van der Waals surface area contributed by atoms with E-state index >= 15 is 0 Å². The highest BCUT2D eigenvalue weighted by molar-refractivity contribution is 5.76. The van der Waals surface area contributed by atoms with Gasteiger partial charge in [-0.3, -0.25) is 4.79 Å².